The highest BCUT2D eigenvalue weighted by Crippen LogP contribution is 2.26. The number of hydrogen-bond donors (Lipinski definition) is 1. The summed E-state index contributed by atoms with van der Waals surface area (Å²) in [5, 5.41) is 11.1. The number of nitrogens with one attached hydrogen (secondary N) is 1. The molecule has 2 aromatic heterocycles. The Labute approximate surface area is 105 Å². The van der Waals surface area contributed by atoms with Gasteiger partial charge in [0.05, 0.1) is 0 Å². The van der Waals surface area contributed by atoms with Gasteiger partial charge in [0, 0.05) is 44.1 Å². The Morgan fingerprint density at radius 3 is 3.06 bits per heavy atom. The number of aryl methyl sites for hydroxylation is 1. The van der Waals surface area contributed by atoms with E-state index in [0.717, 1.165) is 25.2 Å². The van der Waals surface area contributed by atoms with Crippen LogP contribution in [0, 0.1) is 0 Å². The van der Waals surface area contributed by atoms with Crippen molar-refractivity contribution in [1.29, 1.82) is 0 Å². The summed E-state index contributed by atoms with van der Waals surface area (Å²) in [7, 11) is 1.81. The van der Waals surface area contributed by atoms with Crippen LogP contribution in [0.3, 0.4) is 0 Å². The summed E-state index contributed by atoms with van der Waals surface area (Å²) in [6.07, 6.45) is 4.51. The number of hydrogen-bond acceptors (Lipinski definition) is 3. The van der Waals surface area contributed by atoms with Gasteiger partial charge in [0.15, 0.2) is 0 Å². The summed E-state index contributed by atoms with van der Waals surface area (Å²) in [4.78, 5) is 14.1. The van der Waals surface area contributed by atoms with E-state index in [0.29, 0.717) is 11.6 Å². The van der Waals surface area contributed by atoms with Crippen molar-refractivity contribution >= 4 is 5.91 Å². The van der Waals surface area contributed by atoms with Crippen LogP contribution in [0.1, 0.15) is 28.5 Å². The average molecular weight is 245 g/mol. The van der Waals surface area contributed by atoms with Gasteiger partial charge < -0.3 is 4.90 Å². The molecule has 18 heavy (non-hydrogen) atoms. The van der Waals surface area contributed by atoms with Gasteiger partial charge in [0.1, 0.15) is 5.69 Å². The lowest BCUT2D eigenvalue weighted by Crippen LogP contribution is -2.29. The van der Waals surface area contributed by atoms with Gasteiger partial charge in [-0.3, -0.25) is 14.6 Å². The molecule has 1 aliphatic heterocycles. The first-order valence-electron chi connectivity index (χ1n) is 6.02. The fraction of sp³-hybridized carbons (Fsp3) is 0.417. The molecule has 0 radical (unpaired) electrons. The van der Waals surface area contributed by atoms with Crippen molar-refractivity contribution in [3.05, 3.63) is 35.9 Å². The summed E-state index contributed by atoms with van der Waals surface area (Å²) >= 11 is 0. The van der Waals surface area contributed by atoms with Gasteiger partial charge in [0.2, 0.25) is 0 Å². The maximum absolute atomic E-state index is 12.2. The third-order valence-corrected chi connectivity index (χ3v) is 3.37. The zero-order valence-electron chi connectivity index (χ0n) is 10.2. The number of rotatable bonds is 2. The van der Waals surface area contributed by atoms with Crippen molar-refractivity contribution in [1.82, 2.24) is 24.9 Å². The number of carbonyl (C=O) groups is 1. The average Bonchev–Trinajstić information content (AvgIpc) is 3.09. The van der Waals surface area contributed by atoms with E-state index in [1.54, 1.807) is 23.1 Å². The van der Waals surface area contributed by atoms with Gasteiger partial charge in [-0.05, 0) is 18.6 Å². The highest BCUT2D eigenvalue weighted by atomic mass is 16.2. The van der Waals surface area contributed by atoms with Crippen LogP contribution in [-0.2, 0) is 7.05 Å². The lowest BCUT2D eigenvalue weighted by Gasteiger charge is -2.14. The molecule has 3 rings (SSSR count). The monoisotopic (exact) mass is 245 g/mol. The van der Waals surface area contributed by atoms with Crippen molar-refractivity contribution in [2.45, 2.75) is 12.3 Å². The van der Waals surface area contributed by atoms with Crippen LogP contribution in [0.2, 0.25) is 0 Å². The van der Waals surface area contributed by atoms with Gasteiger partial charge in [-0.25, -0.2) is 0 Å². The molecule has 1 saturated heterocycles. The predicted octanol–water partition coefficient (Wildman–Crippen LogP) is 0.773. The molecule has 94 valence electrons. The fourth-order valence-corrected chi connectivity index (χ4v) is 2.38. The molecule has 0 aromatic carbocycles. The number of nitrogens with zero attached hydrogens (tertiary/aromatic N) is 4. The molecule has 1 N–H and O–H groups in total. The summed E-state index contributed by atoms with van der Waals surface area (Å²) in [5.74, 6) is 0.373. The Balaban J connectivity index is 1.70. The molecule has 1 fully saturated rings. The summed E-state index contributed by atoms with van der Waals surface area (Å²) < 4.78 is 1.65. The molecule has 1 aliphatic rings. The van der Waals surface area contributed by atoms with Gasteiger partial charge in [-0.15, -0.1) is 0 Å². The van der Waals surface area contributed by atoms with E-state index in [1.165, 1.54) is 0 Å². The highest BCUT2D eigenvalue weighted by Gasteiger charge is 2.29. The molecule has 1 amide bonds. The van der Waals surface area contributed by atoms with E-state index in [1.807, 2.05) is 18.0 Å². The largest absolute Gasteiger partial charge is 0.337 e. The fourth-order valence-electron chi connectivity index (χ4n) is 2.38. The summed E-state index contributed by atoms with van der Waals surface area (Å²) in [6, 6.07) is 3.73. The molecule has 6 heteroatoms. The Morgan fingerprint density at radius 1 is 1.50 bits per heavy atom. The van der Waals surface area contributed by atoms with E-state index in [-0.39, 0.29) is 5.91 Å². The third kappa shape index (κ3) is 1.90. The normalized spacial score (nSPS) is 19.4. The maximum Gasteiger partial charge on any atom is 0.274 e. The first-order valence-corrected chi connectivity index (χ1v) is 6.02. The number of aromatic amines is 1. The Kier molecular flexibility index (Phi) is 2.62. The molecular formula is C12H15N5O. The van der Waals surface area contributed by atoms with E-state index >= 15 is 0 Å². The van der Waals surface area contributed by atoms with Gasteiger partial charge in [-0.2, -0.15) is 10.2 Å². The number of carbonyl (C=O) groups excluding carboxylic acids is 1. The maximum atomic E-state index is 12.2. The second-order valence-corrected chi connectivity index (χ2v) is 4.62. The molecule has 0 unspecified atom stereocenters. The minimum atomic E-state index is 0.0117. The summed E-state index contributed by atoms with van der Waals surface area (Å²) in [6.45, 7) is 1.51. The van der Waals surface area contributed by atoms with Crippen molar-refractivity contribution in [3.8, 4) is 0 Å². The van der Waals surface area contributed by atoms with Crippen LogP contribution in [0.5, 0.6) is 0 Å². The van der Waals surface area contributed by atoms with Crippen molar-refractivity contribution in [2.75, 3.05) is 13.1 Å². The van der Waals surface area contributed by atoms with Gasteiger partial charge in [-0.1, -0.05) is 0 Å². The Hall–Kier alpha value is -2.11. The zero-order valence-corrected chi connectivity index (χ0v) is 10.2. The molecule has 3 heterocycles. The summed E-state index contributed by atoms with van der Waals surface area (Å²) in [5.41, 5.74) is 1.62. The van der Waals surface area contributed by atoms with E-state index in [4.69, 9.17) is 0 Å². The van der Waals surface area contributed by atoms with Gasteiger partial charge >= 0.3 is 0 Å². The molecule has 0 spiro atoms. The van der Waals surface area contributed by atoms with Crippen molar-refractivity contribution in [3.63, 3.8) is 0 Å². The first-order chi connectivity index (χ1) is 8.74. The number of amides is 1. The SMILES string of the molecule is Cn1ccc(C(=O)N2CC[C@H](c3ccn[nH]3)C2)n1. The molecular weight excluding hydrogens is 230 g/mol. The lowest BCUT2D eigenvalue weighted by atomic mass is 10.1. The second-order valence-electron chi connectivity index (χ2n) is 4.62. The Bertz CT molecular complexity index is 545. The minimum Gasteiger partial charge on any atom is -0.337 e. The van der Waals surface area contributed by atoms with E-state index < -0.39 is 0 Å². The molecule has 2 aromatic rings. The van der Waals surface area contributed by atoms with Gasteiger partial charge in [0.25, 0.3) is 5.91 Å². The topological polar surface area (TPSA) is 66.8 Å². The van der Waals surface area contributed by atoms with Crippen molar-refractivity contribution < 1.29 is 4.79 Å². The second kappa shape index (κ2) is 4.29. The van der Waals surface area contributed by atoms with Crippen LogP contribution >= 0.6 is 0 Å². The molecule has 0 saturated carbocycles. The van der Waals surface area contributed by atoms with Crippen LogP contribution in [-0.4, -0.2) is 43.9 Å². The number of H-pyrrole nitrogens is 1. The van der Waals surface area contributed by atoms with E-state index in [9.17, 15) is 4.79 Å². The third-order valence-electron chi connectivity index (χ3n) is 3.37. The van der Waals surface area contributed by atoms with Crippen LogP contribution in [0.4, 0.5) is 0 Å². The van der Waals surface area contributed by atoms with Crippen LogP contribution in [0.25, 0.3) is 0 Å². The predicted molar refractivity (Wildman–Crippen MR) is 65.1 cm³/mol. The van der Waals surface area contributed by atoms with Crippen LogP contribution < -0.4 is 0 Å². The first kappa shape index (κ1) is 11.0. The molecule has 1 atom stereocenters. The number of aromatic nitrogens is 4. The zero-order chi connectivity index (χ0) is 12.5. The smallest absolute Gasteiger partial charge is 0.274 e. The van der Waals surface area contributed by atoms with Crippen LogP contribution in [0.15, 0.2) is 24.5 Å². The quantitative estimate of drug-likeness (QED) is 0.850. The molecule has 0 bridgehead atoms. The lowest BCUT2D eigenvalue weighted by molar-refractivity contribution is 0.0784. The minimum absolute atomic E-state index is 0.0117. The Morgan fingerprint density at radius 2 is 2.39 bits per heavy atom. The molecule has 0 aliphatic carbocycles. The number of likely N-dealkylation sites (tertiary alicyclic amines) is 1. The van der Waals surface area contributed by atoms with Crippen molar-refractivity contribution in [2.24, 2.45) is 7.05 Å². The highest BCUT2D eigenvalue weighted by molar-refractivity contribution is 5.92. The van der Waals surface area contributed by atoms with E-state index in [2.05, 4.69) is 15.3 Å². The molecule has 6 nitrogen and oxygen atoms in total. The standard InChI is InChI=1S/C12H15N5O/c1-16-6-4-11(15-16)12(18)17-7-3-9(8-17)10-2-5-13-14-10/h2,4-6,9H,3,7-8H2,1H3,(H,13,14)/t9-/m0/s1.